The summed E-state index contributed by atoms with van der Waals surface area (Å²) < 4.78 is 4.93. The average Bonchev–Trinajstić information content (AvgIpc) is 2.38. The average molecular weight is 274 g/mol. The van der Waals surface area contributed by atoms with Gasteiger partial charge < -0.3 is 20.5 Å². The van der Waals surface area contributed by atoms with E-state index >= 15 is 0 Å². The number of carbonyl (C=O) groups is 2. The molecule has 0 heterocycles. The standard InChI is InChI=1S/C13H26N2O4/c1-11(6-7-12(16)17)10-15-13(18)14-8-4-3-5-9-19-2/h11H,3-10H2,1-2H3,(H,16,17)(H2,14,15,18). The molecule has 19 heavy (non-hydrogen) atoms. The normalized spacial score (nSPS) is 11.9. The minimum Gasteiger partial charge on any atom is -0.481 e. The molecule has 0 rings (SSSR count). The molecule has 0 aromatic carbocycles. The van der Waals surface area contributed by atoms with Crippen molar-refractivity contribution in [2.75, 3.05) is 26.8 Å². The molecule has 0 radical (unpaired) electrons. The van der Waals surface area contributed by atoms with E-state index in [0.29, 0.717) is 19.5 Å². The molecule has 0 aliphatic heterocycles. The SMILES string of the molecule is COCCCCCNC(=O)NCC(C)CCC(=O)O. The Bertz CT molecular complexity index is 259. The summed E-state index contributed by atoms with van der Waals surface area (Å²) in [4.78, 5) is 21.8. The van der Waals surface area contributed by atoms with Crippen LogP contribution in [0.25, 0.3) is 0 Å². The lowest BCUT2D eigenvalue weighted by Gasteiger charge is -2.12. The minimum absolute atomic E-state index is 0.143. The third-order valence-corrected chi connectivity index (χ3v) is 2.77. The van der Waals surface area contributed by atoms with E-state index in [1.54, 1.807) is 7.11 Å². The van der Waals surface area contributed by atoms with Gasteiger partial charge in [0.1, 0.15) is 0 Å². The maximum absolute atomic E-state index is 11.4. The van der Waals surface area contributed by atoms with Crippen LogP contribution >= 0.6 is 0 Å². The lowest BCUT2D eigenvalue weighted by Crippen LogP contribution is -2.38. The molecule has 0 saturated heterocycles. The smallest absolute Gasteiger partial charge is 0.314 e. The van der Waals surface area contributed by atoms with Crippen molar-refractivity contribution < 1.29 is 19.4 Å². The molecule has 112 valence electrons. The van der Waals surface area contributed by atoms with E-state index in [0.717, 1.165) is 25.9 Å². The Morgan fingerprint density at radius 3 is 2.58 bits per heavy atom. The van der Waals surface area contributed by atoms with E-state index in [9.17, 15) is 9.59 Å². The van der Waals surface area contributed by atoms with E-state index in [1.807, 2.05) is 6.92 Å². The number of urea groups is 1. The van der Waals surface area contributed by atoms with Crippen molar-refractivity contribution in [2.24, 2.45) is 5.92 Å². The molecule has 0 aromatic heterocycles. The summed E-state index contributed by atoms with van der Waals surface area (Å²) in [5.74, 6) is -0.629. The van der Waals surface area contributed by atoms with Gasteiger partial charge in [-0.05, 0) is 31.6 Å². The first kappa shape index (κ1) is 17.7. The van der Waals surface area contributed by atoms with Crippen molar-refractivity contribution in [1.82, 2.24) is 10.6 Å². The number of hydrogen-bond acceptors (Lipinski definition) is 3. The Morgan fingerprint density at radius 1 is 1.21 bits per heavy atom. The molecular weight excluding hydrogens is 248 g/mol. The Morgan fingerprint density at radius 2 is 1.95 bits per heavy atom. The predicted molar refractivity (Wildman–Crippen MR) is 73.2 cm³/mol. The van der Waals surface area contributed by atoms with Crippen LogP contribution in [0.4, 0.5) is 4.79 Å². The van der Waals surface area contributed by atoms with Gasteiger partial charge >= 0.3 is 12.0 Å². The lowest BCUT2D eigenvalue weighted by atomic mass is 10.1. The topological polar surface area (TPSA) is 87.7 Å². The fraction of sp³-hybridized carbons (Fsp3) is 0.846. The van der Waals surface area contributed by atoms with Crippen LogP contribution in [0.15, 0.2) is 0 Å². The molecule has 0 aliphatic carbocycles. The number of aliphatic carboxylic acids is 1. The molecule has 6 nitrogen and oxygen atoms in total. The summed E-state index contributed by atoms with van der Waals surface area (Å²) in [6, 6.07) is -0.186. The first-order valence-corrected chi connectivity index (χ1v) is 6.78. The Hall–Kier alpha value is -1.30. The minimum atomic E-state index is -0.799. The molecule has 1 unspecified atom stereocenters. The molecule has 3 N–H and O–H groups in total. The molecule has 0 bridgehead atoms. The van der Waals surface area contributed by atoms with Crippen LogP contribution in [0.1, 0.15) is 39.0 Å². The van der Waals surface area contributed by atoms with E-state index in [-0.39, 0.29) is 18.4 Å². The van der Waals surface area contributed by atoms with Crippen LogP contribution in [0.5, 0.6) is 0 Å². The summed E-state index contributed by atoms with van der Waals surface area (Å²) in [6.07, 6.45) is 3.69. The predicted octanol–water partition coefficient (Wildman–Crippen LogP) is 1.60. The van der Waals surface area contributed by atoms with E-state index in [2.05, 4.69) is 10.6 Å². The van der Waals surface area contributed by atoms with Gasteiger partial charge in [0.05, 0.1) is 0 Å². The van der Waals surface area contributed by atoms with Crippen LogP contribution in [-0.2, 0) is 9.53 Å². The Kier molecular flexibility index (Phi) is 11.0. The number of methoxy groups -OCH3 is 1. The zero-order valence-electron chi connectivity index (χ0n) is 11.9. The van der Waals surface area contributed by atoms with Crippen molar-refractivity contribution in [3.05, 3.63) is 0 Å². The highest BCUT2D eigenvalue weighted by atomic mass is 16.5. The molecule has 0 saturated carbocycles. The zero-order chi connectivity index (χ0) is 14.5. The molecule has 0 fully saturated rings. The summed E-state index contributed by atoms with van der Waals surface area (Å²) in [5, 5.41) is 14.0. The second kappa shape index (κ2) is 11.8. The van der Waals surface area contributed by atoms with Crippen molar-refractivity contribution in [3.63, 3.8) is 0 Å². The van der Waals surface area contributed by atoms with Crippen LogP contribution in [-0.4, -0.2) is 43.9 Å². The Labute approximate surface area is 114 Å². The zero-order valence-corrected chi connectivity index (χ0v) is 11.9. The van der Waals surface area contributed by atoms with E-state index < -0.39 is 5.97 Å². The van der Waals surface area contributed by atoms with Gasteiger partial charge in [0.15, 0.2) is 0 Å². The van der Waals surface area contributed by atoms with Gasteiger partial charge in [0.25, 0.3) is 0 Å². The monoisotopic (exact) mass is 274 g/mol. The number of ether oxygens (including phenoxy) is 1. The summed E-state index contributed by atoms with van der Waals surface area (Å²) in [6.45, 7) is 3.84. The van der Waals surface area contributed by atoms with Gasteiger partial charge in [0, 0.05) is 33.2 Å². The number of rotatable bonds is 11. The number of hydrogen-bond donors (Lipinski definition) is 3. The van der Waals surface area contributed by atoms with Gasteiger partial charge in [-0.25, -0.2) is 4.79 Å². The lowest BCUT2D eigenvalue weighted by molar-refractivity contribution is -0.137. The summed E-state index contributed by atoms with van der Waals surface area (Å²) in [7, 11) is 1.68. The number of nitrogens with one attached hydrogen (secondary N) is 2. The second-order valence-electron chi connectivity index (χ2n) is 4.73. The fourth-order valence-corrected chi connectivity index (χ4v) is 1.55. The van der Waals surface area contributed by atoms with Crippen molar-refractivity contribution in [1.29, 1.82) is 0 Å². The Balaban J connectivity index is 3.40. The molecule has 1 atom stereocenters. The number of amides is 2. The molecule has 0 aromatic rings. The van der Waals surface area contributed by atoms with Crippen LogP contribution in [0, 0.1) is 5.92 Å². The van der Waals surface area contributed by atoms with Crippen molar-refractivity contribution >= 4 is 12.0 Å². The van der Waals surface area contributed by atoms with Crippen molar-refractivity contribution in [2.45, 2.75) is 39.0 Å². The summed E-state index contributed by atoms with van der Waals surface area (Å²) >= 11 is 0. The van der Waals surface area contributed by atoms with Crippen LogP contribution < -0.4 is 10.6 Å². The highest BCUT2D eigenvalue weighted by Crippen LogP contribution is 2.03. The number of carbonyl (C=O) groups excluding carboxylic acids is 1. The van der Waals surface area contributed by atoms with Crippen molar-refractivity contribution in [3.8, 4) is 0 Å². The number of carboxylic acid groups (broad SMARTS) is 1. The molecule has 6 heteroatoms. The second-order valence-corrected chi connectivity index (χ2v) is 4.73. The highest BCUT2D eigenvalue weighted by Gasteiger charge is 2.07. The van der Waals surface area contributed by atoms with Crippen LogP contribution in [0.2, 0.25) is 0 Å². The van der Waals surface area contributed by atoms with E-state index in [4.69, 9.17) is 9.84 Å². The maximum atomic E-state index is 11.4. The van der Waals surface area contributed by atoms with Gasteiger partial charge in [-0.2, -0.15) is 0 Å². The van der Waals surface area contributed by atoms with Gasteiger partial charge in [-0.3, -0.25) is 4.79 Å². The molecule has 0 aliphatic rings. The molecular formula is C13H26N2O4. The fourth-order valence-electron chi connectivity index (χ4n) is 1.55. The largest absolute Gasteiger partial charge is 0.481 e. The maximum Gasteiger partial charge on any atom is 0.314 e. The highest BCUT2D eigenvalue weighted by molar-refractivity contribution is 5.73. The quantitative estimate of drug-likeness (QED) is 0.499. The van der Waals surface area contributed by atoms with Crippen LogP contribution in [0.3, 0.4) is 0 Å². The van der Waals surface area contributed by atoms with E-state index in [1.165, 1.54) is 0 Å². The van der Waals surface area contributed by atoms with Gasteiger partial charge in [0.2, 0.25) is 0 Å². The first-order valence-electron chi connectivity index (χ1n) is 6.78. The molecule has 2 amide bonds. The first-order chi connectivity index (χ1) is 9.06. The number of unbranched alkanes of at least 4 members (excludes halogenated alkanes) is 2. The molecule has 0 spiro atoms. The van der Waals surface area contributed by atoms with Gasteiger partial charge in [-0.1, -0.05) is 6.92 Å². The third-order valence-electron chi connectivity index (χ3n) is 2.77. The summed E-state index contributed by atoms with van der Waals surface area (Å²) in [5.41, 5.74) is 0. The third kappa shape index (κ3) is 12.9. The van der Waals surface area contributed by atoms with Gasteiger partial charge in [-0.15, -0.1) is 0 Å². The number of carboxylic acids is 1.